The zero-order chi connectivity index (χ0) is 23.5. The van der Waals surface area contributed by atoms with E-state index in [0.717, 1.165) is 11.3 Å². The van der Waals surface area contributed by atoms with Gasteiger partial charge in [-0.1, -0.05) is 61.4 Å². The Hall–Kier alpha value is -2.65. The van der Waals surface area contributed by atoms with Gasteiger partial charge in [0.15, 0.2) is 5.16 Å². The predicted molar refractivity (Wildman–Crippen MR) is 136 cm³/mol. The molecule has 7 nitrogen and oxygen atoms in total. The van der Waals surface area contributed by atoms with Crippen molar-refractivity contribution in [1.29, 1.82) is 0 Å². The molecule has 0 bridgehead atoms. The van der Waals surface area contributed by atoms with Crippen LogP contribution in [-0.2, 0) is 16.1 Å². The molecule has 1 unspecified atom stereocenters. The molecule has 1 N–H and O–H groups in total. The molecule has 2 amide bonds. The quantitative estimate of drug-likeness (QED) is 0.391. The van der Waals surface area contributed by atoms with Crippen molar-refractivity contribution in [2.24, 2.45) is 11.8 Å². The van der Waals surface area contributed by atoms with E-state index in [1.165, 1.54) is 59.9 Å². The second-order valence-electron chi connectivity index (χ2n) is 9.12. The summed E-state index contributed by atoms with van der Waals surface area (Å²) in [6, 6.07) is 11.6. The molecule has 1 atom stereocenters. The summed E-state index contributed by atoms with van der Waals surface area (Å²) in [5.41, 5.74) is 4.24. The number of thioether (sulfide) groups is 1. The second-order valence-corrected chi connectivity index (χ2v) is 11.0. The number of rotatable bonds is 7. The topological polar surface area (TPSA) is 84.3 Å². The highest BCUT2D eigenvalue weighted by Crippen LogP contribution is 2.30. The lowest BCUT2D eigenvalue weighted by molar-refractivity contribution is -0.128. The van der Waals surface area contributed by atoms with Crippen LogP contribution in [0.15, 0.2) is 51.7 Å². The third-order valence-electron chi connectivity index (χ3n) is 6.65. The highest BCUT2D eigenvalue weighted by molar-refractivity contribution is 7.99. The molecule has 2 aromatic heterocycles. The van der Waals surface area contributed by atoms with E-state index < -0.39 is 5.92 Å². The molecule has 1 aliphatic carbocycles. The average molecular weight is 497 g/mol. The molecule has 1 aliphatic heterocycles. The van der Waals surface area contributed by atoms with Gasteiger partial charge >= 0.3 is 0 Å². The summed E-state index contributed by atoms with van der Waals surface area (Å²) >= 11 is 2.86. The number of amides is 2. The Morgan fingerprint density at radius 1 is 1.12 bits per heavy atom. The summed E-state index contributed by atoms with van der Waals surface area (Å²) in [5.74, 6) is 0.624. The van der Waals surface area contributed by atoms with Gasteiger partial charge in [-0.15, -0.1) is 11.3 Å². The van der Waals surface area contributed by atoms with Gasteiger partial charge in [0.05, 0.1) is 11.4 Å². The van der Waals surface area contributed by atoms with Crippen molar-refractivity contribution < 1.29 is 9.59 Å². The number of thiophene rings is 1. The van der Waals surface area contributed by atoms with Gasteiger partial charge in [0.1, 0.15) is 4.70 Å². The maximum atomic E-state index is 13.2. The van der Waals surface area contributed by atoms with Crippen LogP contribution < -0.4 is 11.0 Å². The molecule has 1 saturated carbocycles. The van der Waals surface area contributed by atoms with Gasteiger partial charge < -0.3 is 4.90 Å². The lowest BCUT2D eigenvalue weighted by Gasteiger charge is -2.22. The van der Waals surface area contributed by atoms with Crippen molar-refractivity contribution in [2.45, 2.75) is 50.2 Å². The molecule has 178 valence electrons. The largest absolute Gasteiger partial charge is 0.338 e. The van der Waals surface area contributed by atoms with E-state index in [1.807, 2.05) is 41.8 Å². The van der Waals surface area contributed by atoms with Gasteiger partial charge in [-0.3, -0.25) is 19.8 Å². The number of nitrogens with one attached hydrogen (secondary N) is 1. The van der Waals surface area contributed by atoms with Gasteiger partial charge in [0, 0.05) is 25.3 Å². The molecule has 34 heavy (non-hydrogen) atoms. The van der Waals surface area contributed by atoms with Crippen molar-refractivity contribution in [3.8, 4) is 0 Å². The second kappa shape index (κ2) is 10.3. The average Bonchev–Trinajstić information content (AvgIpc) is 3.48. The number of hydrogen-bond donors (Lipinski definition) is 1. The van der Waals surface area contributed by atoms with Crippen molar-refractivity contribution in [3.05, 3.63) is 57.7 Å². The molecule has 3 heterocycles. The van der Waals surface area contributed by atoms with Crippen molar-refractivity contribution in [1.82, 2.24) is 14.6 Å². The maximum Gasteiger partial charge on any atom is 0.291 e. The fraction of sp³-hybridized carbons (Fsp3) is 0.440. The molecule has 3 aromatic rings. The van der Waals surface area contributed by atoms with Crippen molar-refractivity contribution >= 4 is 45.1 Å². The number of hydrogen-bond acceptors (Lipinski definition) is 6. The summed E-state index contributed by atoms with van der Waals surface area (Å²) in [7, 11) is 0. The summed E-state index contributed by atoms with van der Waals surface area (Å²) < 4.78 is 1.83. The fourth-order valence-electron chi connectivity index (χ4n) is 4.74. The van der Waals surface area contributed by atoms with E-state index in [1.54, 1.807) is 4.90 Å². The van der Waals surface area contributed by atoms with E-state index in [2.05, 4.69) is 5.43 Å². The van der Waals surface area contributed by atoms with Gasteiger partial charge in [-0.25, -0.2) is 4.98 Å². The lowest BCUT2D eigenvalue weighted by Crippen LogP contribution is -2.38. The number of nitrogens with zero attached hydrogens (tertiary/aromatic N) is 3. The molecular formula is C25H28N4O3S2. The van der Waals surface area contributed by atoms with E-state index >= 15 is 0 Å². The molecule has 9 heteroatoms. The van der Waals surface area contributed by atoms with Crippen LogP contribution >= 0.6 is 23.1 Å². The van der Waals surface area contributed by atoms with Crippen LogP contribution in [-0.4, -0.2) is 38.7 Å². The number of aromatic nitrogens is 2. The van der Waals surface area contributed by atoms with Crippen LogP contribution in [0, 0.1) is 11.8 Å². The number of carbonyl (C=O) groups is 2. The Morgan fingerprint density at radius 2 is 1.91 bits per heavy atom. The summed E-state index contributed by atoms with van der Waals surface area (Å²) in [6.45, 7) is 0.822. The minimum absolute atomic E-state index is 0.0462. The smallest absolute Gasteiger partial charge is 0.291 e. The van der Waals surface area contributed by atoms with Gasteiger partial charge in [0.25, 0.3) is 5.56 Å². The minimum atomic E-state index is -0.502. The normalized spacial score (nSPS) is 19.1. The minimum Gasteiger partial charge on any atom is -0.338 e. The van der Waals surface area contributed by atoms with E-state index in [9.17, 15) is 14.4 Å². The lowest BCUT2D eigenvalue weighted by atomic mass is 9.91. The number of likely N-dealkylation sites (tertiary alicyclic amines) is 1. The molecule has 2 fully saturated rings. The van der Waals surface area contributed by atoms with E-state index in [-0.39, 0.29) is 23.8 Å². The third-order valence-corrected chi connectivity index (χ3v) is 8.71. The molecule has 0 radical (unpaired) electrons. The molecule has 0 spiro atoms. The highest BCUT2D eigenvalue weighted by atomic mass is 32.2. The molecule has 1 saturated heterocycles. The van der Waals surface area contributed by atoms with Crippen molar-refractivity contribution in [3.63, 3.8) is 0 Å². The summed E-state index contributed by atoms with van der Waals surface area (Å²) in [5, 5.41) is 2.36. The highest BCUT2D eigenvalue weighted by Gasteiger charge is 2.35. The Labute approximate surface area is 206 Å². The van der Waals surface area contributed by atoms with Crippen LogP contribution in [0.3, 0.4) is 0 Å². The Kier molecular flexibility index (Phi) is 7.01. The first-order valence-corrected chi connectivity index (χ1v) is 13.7. The zero-order valence-corrected chi connectivity index (χ0v) is 20.6. The Balaban J connectivity index is 1.32. The van der Waals surface area contributed by atoms with Crippen LogP contribution in [0.4, 0.5) is 0 Å². The Morgan fingerprint density at radius 3 is 2.71 bits per heavy atom. The van der Waals surface area contributed by atoms with Crippen LogP contribution in [0.5, 0.6) is 0 Å². The predicted octanol–water partition coefficient (Wildman–Crippen LogP) is 4.25. The fourth-order valence-corrected chi connectivity index (χ4v) is 6.64. The molecule has 5 rings (SSSR count). The Bertz CT molecular complexity index is 1230. The first-order valence-electron chi connectivity index (χ1n) is 11.8. The molecular weight excluding hydrogens is 468 g/mol. The third kappa shape index (κ3) is 5.05. The number of fused-ring (bicyclic) bond motifs is 1. The molecule has 1 aromatic carbocycles. The van der Waals surface area contributed by atoms with Crippen LogP contribution in [0.1, 0.15) is 44.1 Å². The van der Waals surface area contributed by atoms with Crippen molar-refractivity contribution in [2.75, 3.05) is 17.7 Å². The maximum absolute atomic E-state index is 13.2. The first-order chi connectivity index (χ1) is 16.6. The zero-order valence-electron chi connectivity index (χ0n) is 18.9. The standard InChI is InChI=1S/C25H28N4O3S2/c30-21-13-19(15-28(21)14-17-7-3-1-4-8-17)23(31)27-29-24(32)22-20(11-12-33-22)26-25(29)34-16-18-9-5-2-6-10-18/h1,3-4,7-8,11-12,18-19H,2,5-6,9-10,13-16H2,(H,27,31). The van der Waals surface area contributed by atoms with Crippen LogP contribution in [0.2, 0.25) is 0 Å². The van der Waals surface area contributed by atoms with E-state index in [0.29, 0.717) is 34.4 Å². The molecule has 2 aliphatic rings. The summed E-state index contributed by atoms with van der Waals surface area (Å²) in [6.07, 6.45) is 6.34. The number of benzene rings is 1. The monoisotopic (exact) mass is 496 g/mol. The SMILES string of the molecule is O=C(Nn1c(SCC2CCCCC2)nc2ccsc2c1=O)C1CC(=O)N(Cc2ccccc2)C1. The van der Waals surface area contributed by atoms with E-state index in [4.69, 9.17) is 4.98 Å². The summed E-state index contributed by atoms with van der Waals surface area (Å²) in [4.78, 5) is 45.3. The van der Waals surface area contributed by atoms with Crippen LogP contribution in [0.25, 0.3) is 10.2 Å². The van der Waals surface area contributed by atoms with Gasteiger partial charge in [0.2, 0.25) is 11.8 Å². The van der Waals surface area contributed by atoms with Gasteiger partial charge in [-0.05, 0) is 35.8 Å². The van der Waals surface area contributed by atoms with Gasteiger partial charge in [-0.2, -0.15) is 4.68 Å². The first kappa shape index (κ1) is 23.1. The number of carbonyl (C=O) groups excluding carboxylic acids is 2.